The van der Waals surface area contributed by atoms with Gasteiger partial charge in [0.15, 0.2) is 0 Å². The van der Waals surface area contributed by atoms with Crippen molar-refractivity contribution in [1.29, 1.82) is 0 Å². The largest absolute Gasteiger partial charge is 0.316 e. The summed E-state index contributed by atoms with van der Waals surface area (Å²) in [4.78, 5) is 53.8. The summed E-state index contributed by atoms with van der Waals surface area (Å²) in [5.41, 5.74) is 1.64. The minimum absolute atomic E-state index is 0.127. The summed E-state index contributed by atoms with van der Waals surface area (Å²) in [6.07, 6.45) is 5.01. The van der Waals surface area contributed by atoms with Crippen LogP contribution in [0.4, 0.5) is 0 Å². The molecule has 0 spiro atoms. The molecule has 8 heteroatoms. The first-order chi connectivity index (χ1) is 15.0. The van der Waals surface area contributed by atoms with Crippen molar-refractivity contribution >= 4 is 23.6 Å². The molecule has 3 atom stereocenters. The van der Waals surface area contributed by atoms with E-state index in [4.69, 9.17) is 0 Å². The Labute approximate surface area is 181 Å². The maximum Gasteiger partial charge on any atom is 0.262 e. The Morgan fingerprint density at radius 2 is 1.87 bits per heavy atom. The van der Waals surface area contributed by atoms with Crippen LogP contribution >= 0.6 is 0 Å². The number of piperidine rings is 2. The van der Waals surface area contributed by atoms with Gasteiger partial charge in [0.05, 0.1) is 11.1 Å². The standard InChI is InChI=1S/C23H28N4O4/c28-19-8-7-18(21(29)25-19)27-22(30)16-5-3-4-15(20(16)23(27)31)13-26-11-2-1-6-17(26)14-9-10-24-12-14/h3-5,14,17-18,24H,1-2,6-13H2,(H,25,28,29). The second kappa shape index (κ2) is 8.16. The molecule has 3 fully saturated rings. The van der Waals surface area contributed by atoms with Crippen LogP contribution in [0.3, 0.4) is 0 Å². The van der Waals surface area contributed by atoms with Gasteiger partial charge in [-0.1, -0.05) is 18.6 Å². The van der Waals surface area contributed by atoms with Crippen LogP contribution in [0.1, 0.15) is 64.8 Å². The molecule has 4 aliphatic heterocycles. The van der Waals surface area contributed by atoms with Gasteiger partial charge in [0.1, 0.15) is 6.04 Å². The van der Waals surface area contributed by atoms with Crippen LogP contribution in [0.15, 0.2) is 18.2 Å². The second-order valence-corrected chi connectivity index (χ2v) is 9.07. The summed E-state index contributed by atoms with van der Waals surface area (Å²) >= 11 is 0. The third kappa shape index (κ3) is 3.57. The van der Waals surface area contributed by atoms with E-state index in [1.807, 2.05) is 12.1 Å². The van der Waals surface area contributed by atoms with E-state index in [2.05, 4.69) is 15.5 Å². The minimum atomic E-state index is -0.926. The Balaban J connectivity index is 1.41. The van der Waals surface area contributed by atoms with Gasteiger partial charge in [0.2, 0.25) is 11.8 Å². The molecule has 4 heterocycles. The third-order valence-electron chi connectivity index (χ3n) is 7.23. The number of nitrogens with zero attached hydrogens (tertiary/aromatic N) is 2. The van der Waals surface area contributed by atoms with Crippen molar-refractivity contribution in [3.05, 3.63) is 34.9 Å². The Morgan fingerprint density at radius 3 is 2.65 bits per heavy atom. The van der Waals surface area contributed by atoms with Gasteiger partial charge in [-0.05, 0) is 62.9 Å². The predicted molar refractivity (Wildman–Crippen MR) is 112 cm³/mol. The Morgan fingerprint density at radius 1 is 1.00 bits per heavy atom. The Hall–Kier alpha value is -2.58. The number of amides is 4. The van der Waals surface area contributed by atoms with Crippen LogP contribution in [-0.2, 0) is 16.1 Å². The third-order valence-corrected chi connectivity index (χ3v) is 7.23. The number of likely N-dealkylation sites (tertiary alicyclic amines) is 1. The molecule has 3 unspecified atom stereocenters. The summed E-state index contributed by atoms with van der Waals surface area (Å²) in [7, 11) is 0. The lowest BCUT2D eigenvalue weighted by Gasteiger charge is -2.39. The summed E-state index contributed by atoms with van der Waals surface area (Å²) < 4.78 is 0. The van der Waals surface area contributed by atoms with Crippen LogP contribution in [-0.4, -0.2) is 65.1 Å². The number of carbonyl (C=O) groups excluding carboxylic acids is 4. The monoisotopic (exact) mass is 424 g/mol. The molecule has 4 aliphatic rings. The van der Waals surface area contributed by atoms with Gasteiger partial charge in [0, 0.05) is 19.0 Å². The number of fused-ring (bicyclic) bond motifs is 1. The molecule has 8 nitrogen and oxygen atoms in total. The molecule has 1 aromatic carbocycles. The van der Waals surface area contributed by atoms with E-state index in [-0.39, 0.29) is 18.7 Å². The van der Waals surface area contributed by atoms with E-state index in [9.17, 15) is 19.2 Å². The van der Waals surface area contributed by atoms with Crippen molar-refractivity contribution in [2.75, 3.05) is 19.6 Å². The molecule has 1 aromatic rings. The van der Waals surface area contributed by atoms with Gasteiger partial charge in [0.25, 0.3) is 11.8 Å². The quantitative estimate of drug-likeness (QED) is 0.701. The van der Waals surface area contributed by atoms with Crippen LogP contribution < -0.4 is 10.6 Å². The second-order valence-electron chi connectivity index (χ2n) is 9.07. The Kier molecular flexibility index (Phi) is 5.35. The normalized spacial score (nSPS) is 29.4. The fraction of sp³-hybridized carbons (Fsp3) is 0.565. The van der Waals surface area contributed by atoms with Crippen molar-refractivity contribution in [3.63, 3.8) is 0 Å². The van der Waals surface area contributed by atoms with Gasteiger partial charge in [-0.25, -0.2) is 0 Å². The van der Waals surface area contributed by atoms with Crippen molar-refractivity contribution in [2.45, 2.75) is 57.2 Å². The molecule has 0 saturated carbocycles. The van der Waals surface area contributed by atoms with Gasteiger partial charge in [-0.2, -0.15) is 0 Å². The molecule has 164 valence electrons. The number of imide groups is 2. The number of hydrogen-bond acceptors (Lipinski definition) is 6. The van der Waals surface area contributed by atoms with E-state index in [0.29, 0.717) is 29.6 Å². The fourth-order valence-corrected chi connectivity index (χ4v) is 5.69. The van der Waals surface area contributed by atoms with Crippen molar-refractivity contribution in [2.24, 2.45) is 5.92 Å². The first-order valence-electron chi connectivity index (χ1n) is 11.3. The zero-order chi connectivity index (χ0) is 21.5. The first kappa shape index (κ1) is 20.3. The van der Waals surface area contributed by atoms with Gasteiger partial charge >= 0.3 is 0 Å². The molecular weight excluding hydrogens is 396 g/mol. The predicted octanol–water partition coefficient (Wildman–Crippen LogP) is 1.05. The molecule has 4 amide bonds. The summed E-state index contributed by atoms with van der Waals surface area (Å²) in [5, 5.41) is 5.72. The topological polar surface area (TPSA) is 98.8 Å². The molecule has 0 aromatic heterocycles. The van der Waals surface area contributed by atoms with E-state index in [0.717, 1.165) is 42.9 Å². The lowest BCUT2D eigenvalue weighted by molar-refractivity contribution is -0.136. The lowest BCUT2D eigenvalue weighted by atomic mass is 9.89. The number of nitrogens with one attached hydrogen (secondary N) is 2. The van der Waals surface area contributed by atoms with Gasteiger partial charge < -0.3 is 5.32 Å². The highest BCUT2D eigenvalue weighted by Gasteiger charge is 2.45. The van der Waals surface area contributed by atoms with E-state index in [1.165, 1.54) is 12.8 Å². The number of hydrogen-bond donors (Lipinski definition) is 2. The molecule has 0 aliphatic carbocycles. The van der Waals surface area contributed by atoms with Crippen molar-refractivity contribution < 1.29 is 19.2 Å². The first-order valence-corrected chi connectivity index (χ1v) is 11.3. The average molecular weight is 425 g/mol. The zero-order valence-corrected chi connectivity index (χ0v) is 17.6. The minimum Gasteiger partial charge on any atom is -0.316 e. The summed E-state index contributed by atoms with van der Waals surface area (Å²) in [6, 6.07) is 4.97. The molecule has 2 N–H and O–H groups in total. The average Bonchev–Trinajstić information content (AvgIpc) is 3.37. The summed E-state index contributed by atoms with van der Waals surface area (Å²) in [5.74, 6) is -1.17. The number of rotatable bonds is 4. The van der Waals surface area contributed by atoms with E-state index < -0.39 is 23.8 Å². The lowest BCUT2D eigenvalue weighted by Crippen LogP contribution is -2.54. The van der Waals surface area contributed by atoms with Gasteiger partial charge in [-0.3, -0.25) is 34.3 Å². The van der Waals surface area contributed by atoms with Crippen LogP contribution in [0.25, 0.3) is 0 Å². The summed E-state index contributed by atoms with van der Waals surface area (Å²) in [6.45, 7) is 3.72. The van der Waals surface area contributed by atoms with Crippen molar-refractivity contribution in [3.8, 4) is 0 Å². The molecular formula is C23H28N4O4. The maximum absolute atomic E-state index is 13.3. The molecule has 3 saturated heterocycles. The Bertz CT molecular complexity index is 940. The highest BCUT2D eigenvalue weighted by atomic mass is 16.2. The molecule has 5 rings (SSSR count). The number of carbonyl (C=O) groups is 4. The molecule has 31 heavy (non-hydrogen) atoms. The van der Waals surface area contributed by atoms with E-state index in [1.54, 1.807) is 6.07 Å². The van der Waals surface area contributed by atoms with Crippen LogP contribution in [0.2, 0.25) is 0 Å². The fourth-order valence-electron chi connectivity index (χ4n) is 5.69. The molecule has 0 radical (unpaired) electrons. The highest BCUT2D eigenvalue weighted by molar-refractivity contribution is 6.24. The highest BCUT2D eigenvalue weighted by Crippen LogP contribution is 2.33. The van der Waals surface area contributed by atoms with Crippen LogP contribution in [0.5, 0.6) is 0 Å². The zero-order valence-electron chi connectivity index (χ0n) is 17.6. The smallest absolute Gasteiger partial charge is 0.262 e. The maximum atomic E-state index is 13.3. The van der Waals surface area contributed by atoms with Gasteiger partial charge in [-0.15, -0.1) is 0 Å². The molecule has 0 bridgehead atoms. The van der Waals surface area contributed by atoms with Crippen LogP contribution in [0, 0.1) is 5.92 Å². The van der Waals surface area contributed by atoms with Crippen molar-refractivity contribution in [1.82, 2.24) is 20.4 Å². The number of benzene rings is 1. The van der Waals surface area contributed by atoms with E-state index >= 15 is 0 Å². The SMILES string of the molecule is O=C1CCC(N2C(=O)c3cccc(CN4CCCCC4C4CCNC4)c3C2=O)C(=O)N1.